The Hall–Kier alpha value is -2.53. The molecule has 106 valence electrons. The van der Waals surface area contributed by atoms with Crippen molar-refractivity contribution in [1.29, 1.82) is 0 Å². The standard InChI is InChI=1S/C16H13FN2O2/c17-12-7-5-11(6-8-12)15(20)9-19-10-18-14-4-2-1-3-13(14)16(19)21/h1-8,10,15,20H,9H2/t15-/m1/s1. The highest BCUT2D eigenvalue weighted by Crippen LogP contribution is 2.15. The van der Waals surface area contributed by atoms with Gasteiger partial charge in [0.05, 0.1) is 29.9 Å². The van der Waals surface area contributed by atoms with Crippen LogP contribution in [0.2, 0.25) is 0 Å². The molecular weight excluding hydrogens is 271 g/mol. The molecule has 0 aliphatic heterocycles. The lowest BCUT2D eigenvalue weighted by molar-refractivity contribution is 0.155. The van der Waals surface area contributed by atoms with Gasteiger partial charge in [-0.05, 0) is 29.8 Å². The van der Waals surface area contributed by atoms with Gasteiger partial charge in [0.25, 0.3) is 5.56 Å². The predicted molar refractivity (Wildman–Crippen MR) is 77.4 cm³/mol. The van der Waals surface area contributed by atoms with E-state index in [4.69, 9.17) is 0 Å². The molecule has 1 N–H and O–H groups in total. The third kappa shape index (κ3) is 2.68. The van der Waals surface area contributed by atoms with Crippen LogP contribution in [0.1, 0.15) is 11.7 Å². The minimum Gasteiger partial charge on any atom is -0.387 e. The molecule has 0 spiro atoms. The van der Waals surface area contributed by atoms with Crippen molar-refractivity contribution in [2.45, 2.75) is 12.6 Å². The number of rotatable bonds is 3. The highest BCUT2D eigenvalue weighted by molar-refractivity contribution is 5.76. The first kappa shape index (κ1) is 13.5. The number of para-hydroxylation sites is 1. The number of hydrogen-bond donors (Lipinski definition) is 1. The van der Waals surface area contributed by atoms with Gasteiger partial charge in [-0.3, -0.25) is 9.36 Å². The summed E-state index contributed by atoms with van der Waals surface area (Å²) in [5.41, 5.74) is 0.966. The van der Waals surface area contributed by atoms with Gasteiger partial charge in [0, 0.05) is 0 Å². The van der Waals surface area contributed by atoms with Gasteiger partial charge in [-0.15, -0.1) is 0 Å². The Labute approximate surface area is 120 Å². The van der Waals surface area contributed by atoms with E-state index in [1.807, 2.05) is 6.07 Å². The van der Waals surface area contributed by atoms with E-state index >= 15 is 0 Å². The molecule has 21 heavy (non-hydrogen) atoms. The van der Waals surface area contributed by atoms with Gasteiger partial charge in [0.15, 0.2) is 0 Å². The molecule has 1 atom stereocenters. The topological polar surface area (TPSA) is 55.1 Å². The van der Waals surface area contributed by atoms with E-state index in [0.717, 1.165) is 0 Å². The molecule has 0 unspecified atom stereocenters. The fourth-order valence-electron chi connectivity index (χ4n) is 2.21. The number of nitrogens with zero attached hydrogens (tertiary/aromatic N) is 2. The van der Waals surface area contributed by atoms with E-state index < -0.39 is 6.10 Å². The fraction of sp³-hybridized carbons (Fsp3) is 0.125. The minimum absolute atomic E-state index is 0.0717. The monoisotopic (exact) mass is 284 g/mol. The summed E-state index contributed by atoms with van der Waals surface area (Å²) in [5, 5.41) is 10.7. The Bertz CT molecular complexity index is 828. The first-order valence-corrected chi connectivity index (χ1v) is 6.53. The summed E-state index contributed by atoms with van der Waals surface area (Å²) < 4.78 is 14.2. The smallest absolute Gasteiger partial charge is 0.261 e. The quantitative estimate of drug-likeness (QED) is 0.802. The summed E-state index contributed by atoms with van der Waals surface area (Å²) in [5.74, 6) is -0.365. The summed E-state index contributed by atoms with van der Waals surface area (Å²) in [6, 6.07) is 12.6. The van der Waals surface area contributed by atoms with Gasteiger partial charge < -0.3 is 5.11 Å². The second-order valence-electron chi connectivity index (χ2n) is 4.79. The molecule has 1 heterocycles. The average Bonchev–Trinajstić information content (AvgIpc) is 2.51. The molecule has 0 bridgehead atoms. The van der Waals surface area contributed by atoms with Gasteiger partial charge in [0.1, 0.15) is 5.82 Å². The molecule has 1 aromatic heterocycles. The van der Waals surface area contributed by atoms with E-state index in [-0.39, 0.29) is 17.9 Å². The number of halogens is 1. The second kappa shape index (κ2) is 5.46. The maximum atomic E-state index is 12.9. The zero-order chi connectivity index (χ0) is 14.8. The van der Waals surface area contributed by atoms with Crippen LogP contribution in [0.4, 0.5) is 4.39 Å². The molecule has 5 heteroatoms. The van der Waals surface area contributed by atoms with Crippen molar-refractivity contribution in [1.82, 2.24) is 9.55 Å². The summed E-state index contributed by atoms with van der Waals surface area (Å²) >= 11 is 0. The van der Waals surface area contributed by atoms with Crippen molar-refractivity contribution in [2.24, 2.45) is 0 Å². The van der Waals surface area contributed by atoms with Crippen LogP contribution in [0.5, 0.6) is 0 Å². The number of benzene rings is 2. The summed E-state index contributed by atoms with van der Waals surface area (Å²) in [4.78, 5) is 16.5. The summed E-state index contributed by atoms with van der Waals surface area (Å²) in [6.45, 7) is 0.0717. The molecule has 0 aliphatic carbocycles. The lowest BCUT2D eigenvalue weighted by Gasteiger charge is -2.13. The largest absolute Gasteiger partial charge is 0.387 e. The lowest BCUT2D eigenvalue weighted by atomic mass is 10.1. The van der Waals surface area contributed by atoms with Crippen LogP contribution in [-0.2, 0) is 6.54 Å². The molecule has 2 aromatic carbocycles. The van der Waals surface area contributed by atoms with Crippen molar-refractivity contribution in [3.63, 3.8) is 0 Å². The molecule has 3 rings (SSSR count). The van der Waals surface area contributed by atoms with Crippen LogP contribution >= 0.6 is 0 Å². The van der Waals surface area contributed by atoms with E-state index in [2.05, 4.69) is 4.98 Å². The van der Waals surface area contributed by atoms with Crippen LogP contribution in [0.25, 0.3) is 10.9 Å². The third-order valence-electron chi connectivity index (χ3n) is 3.36. The van der Waals surface area contributed by atoms with Gasteiger partial charge >= 0.3 is 0 Å². The molecule has 0 radical (unpaired) electrons. The number of aliphatic hydroxyl groups excluding tert-OH is 1. The molecule has 0 saturated heterocycles. The first-order chi connectivity index (χ1) is 10.1. The highest BCUT2D eigenvalue weighted by Gasteiger charge is 2.11. The normalized spacial score (nSPS) is 12.5. The van der Waals surface area contributed by atoms with E-state index in [0.29, 0.717) is 16.5 Å². The van der Waals surface area contributed by atoms with Crippen molar-refractivity contribution in [3.05, 3.63) is 76.6 Å². The van der Waals surface area contributed by atoms with Crippen molar-refractivity contribution < 1.29 is 9.50 Å². The van der Waals surface area contributed by atoms with Crippen molar-refractivity contribution in [2.75, 3.05) is 0 Å². The fourth-order valence-corrected chi connectivity index (χ4v) is 2.21. The van der Waals surface area contributed by atoms with Gasteiger partial charge in [0.2, 0.25) is 0 Å². The zero-order valence-electron chi connectivity index (χ0n) is 11.1. The van der Waals surface area contributed by atoms with Gasteiger partial charge in [-0.25, -0.2) is 9.37 Å². The molecular formula is C16H13FN2O2. The number of fused-ring (bicyclic) bond motifs is 1. The average molecular weight is 284 g/mol. The van der Waals surface area contributed by atoms with E-state index in [1.54, 1.807) is 18.2 Å². The van der Waals surface area contributed by atoms with E-state index in [1.165, 1.54) is 35.2 Å². The molecule has 0 fully saturated rings. The van der Waals surface area contributed by atoms with Crippen molar-refractivity contribution in [3.8, 4) is 0 Å². The predicted octanol–water partition coefficient (Wildman–Crippen LogP) is 2.27. The summed E-state index contributed by atoms with van der Waals surface area (Å²) in [7, 11) is 0. The molecule has 0 aliphatic rings. The molecule has 0 saturated carbocycles. The highest BCUT2D eigenvalue weighted by atomic mass is 19.1. The molecule has 4 nitrogen and oxygen atoms in total. The first-order valence-electron chi connectivity index (χ1n) is 6.53. The Morgan fingerprint density at radius 1 is 1.14 bits per heavy atom. The number of aliphatic hydroxyl groups is 1. The number of hydrogen-bond acceptors (Lipinski definition) is 3. The van der Waals surface area contributed by atoms with Crippen LogP contribution in [-0.4, -0.2) is 14.7 Å². The Kier molecular flexibility index (Phi) is 3.50. The minimum atomic E-state index is -0.897. The van der Waals surface area contributed by atoms with Crippen molar-refractivity contribution >= 4 is 10.9 Å². The zero-order valence-corrected chi connectivity index (χ0v) is 11.1. The number of aromatic nitrogens is 2. The van der Waals surface area contributed by atoms with Crippen LogP contribution < -0.4 is 5.56 Å². The maximum Gasteiger partial charge on any atom is 0.261 e. The summed E-state index contributed by atoms with van der Waals surface area (Å²) in [6.07, 6.45) is 0.517. The van der Waals surface area contributed by atoms with Gasteiger partial charge in [-0.2, -0.15) is 0 Å². The van der Waals surface area contributed by atoms with Crippen LogP contribution in [0.3, 0.4) is 0 Å². The van der Waals surface area contributed by atoms with Crippen LogP contribution in [0, 0.1) is 5.82 Å². The molecule has 0 amide bonds. The Morgan fingerprint density at radius 2 is 1.86 bits per heavy atom. The lowest BCUT2D eigenvalue weighted by Crippen LogP contribution is -2.23. The Balaban J connectivity index is 1.93. The molecule has 3 aromatic rings. The second-order valence-corrected chi connectivity index (χ2v) is 4.79. The van der Waals surface area contributed by atoms with E-state index in [9.17, 15) is 14.3 Å². The van der Waals surface area contributed by atoms with Crippen LogP contribution in [0.15, 0.2) is 59.7 Å². The maximum absolute atomic E-state index is 12.9. The SMILES string of the molecule is O=c1c2ccccc2ncn1C[C@@H](O)c1ccc(F)cc1. The Morgan fingerprint density at radius 3 is 2.62 bits per heavy atom. The van der Waals surface area contributed by atoms with Gasteiger partial charge in [-0.1, -0.05) is 24.3 Å². The third-order valence-corrected chi connectivity index (χ3v) is 3.36.